The maximum Gasteiger partial charge on any atom is 0.244 e. The summed E-state index contributed by atoms with van der Waals surface area (Å²) in [7, 11) is 5.42. The Labute approximate surface area is 130 Å². The number of aromatic nitrogens is 2. The van der Waals surface area contributed by atoms with Gasteiger partial charge < -0.3 is 15.0 Å². The molecule has 0 aliphatic carbocycles. The third-order valence-corrected chi connectivity index (χ3v) is 3.52. The lowest BCUT2D eigenvalue weighted by atomic mass is 10.2. The quantitative estimate of drug-likeness (QED) is 0.730. The highest BCUT2D eigenvalue weighted by atomic mass is 35.5. The number of hydrogen-bond acceptors (Lipinski definition) is 4. The van der Waals surface area contributed by atoms with Crippen LogP contribution in [0.25, 0.3) is 6.08 Å². The lowest BCUT2D eigenvalue weighted by molar-refractivity contribution is -0.116. The van der Waals surface area contributed by atoms with Gasteiger partial charge in [-0.25, -0.2) is 0 Å². The molecule has 0 saturated heterocycles. The van der Waals surface area contributed by atoms with Gasteiger partial charge in [0.1, 0.15) is 5.15 Å². The van der Waals surface area contributed by atoms with Crippen molar-refractivity contribution >= 4 is 23.6 Å². The van der Waals surface area contributed by atoms with Gasteiger partial charge in [-0.15, -0.1) is 0 Å². The third-order valence-electron chi connectivity index (χ3n) is 3.07. The first-order chi connectivity index (χ1) is 9.95. The summed E-state index contributed by atoms with van der Waals surface area (Å²) in [6, 6.07) is 0. The average molecular weight is 315 g/mol. The van der Waals surface area contributed by atoms with Crippen LogP contribution < -0.4 is 5.32 Å². The van der Waals surface area contributed by atoms with Crippen LogP contribution in [0, 0.1) is 6.92 Å². The second-order valence-electron chi connectivity index (χ2n) is 4.83. The molecule has 0 aromatic carbocycles. The molecule has 0 radical (unpaired) electrons. The summed E-state index contributed by atoms with van der Waals surface area (Å²) in [5.41, 5.74) is 1.57. The number of amides is 1. The molecule has 6 nitrogen and oxygen atoms in total. The Balaban J connectivity index is 2.38. The molecule has 21 heavy (non-hydrogen) atoms. The largest absolute Gasteiger partial charge is 0.383 e. The molecule has 1 amide bonds. The van der Waals surface area contributed by atoms with Crippen LogP contribution in [-0.2, 0) is 16.6 Å². The lowest BCUT2D eigenvalue weighted by Crippen LogP contribution is -2.33. The molecule has 1 rings (SSSR count). The summed E-state index contributed by atoms with van der Waals surface area (Å²) in [5.74, 6) is -0.144. The van der Waals surface area contributed by atoms with Crippen molar-refractivity contribution < 1.29 is 9.53 Å². The first-order valence-corrected chi connectivity index (χ1v) is 7.16. The Bertz CT molecular complexity index is 499. The van der Waals surface area contributed by atoms with E-state index in [0.717, 1.165) is 24.3 Å². The molecule has 0 aliphatic rings. The molecular formula is C14H23ClN4O2. The van der Waals surface area contributed by atoms with E-state index < -0.39 is 0 Å². The van der Waals surface area contributed by atoms with Crippen molar-refractivity contribution in [2.75, 3.05) is 40.4 Å². The molecule has 1 N–H and O–H groups in total. The van der Waals surface area contributed by atoms with Gasteiger partial charge in [0.2, 0.25) is 5.91 Å². The molecular weight excluding hydrogens is 292 g/mol. The van der Waals surface area contributed by atoms with E-state index in [1.807, 2.05) is 14.0 Å². The molecule has 0 spiro atoms. The summed E-state index contributed by atoms with van der Waals surface area (Å²) in [6.07, 6.45) is 3.17. The van der Waals surface area contributed by atoms with Crippen molar-refractivity contribution in [3.63, 3.8) is 0 Å². The summed E-state index contributed by atoms with van der Waals surface area (Å²) in [4.78, 5) is 13.8. The highest BCUT2D eigenvalue weighted by molar-refractivity contribution is 6.31. The number of methoxy groups -OCH3 is 1. The predicted octanol–water partition coefficient (Wildman–Crippen LogP) is 1.09. The second kappa shape index (κ2) is 8.81. The first-order valence-electron chi connectivity index (χ1n) is 6.78. The number of rotatable bonds is 8. The van der Waals surface area contributed by atoms with Gasteiger partial charge >= 0.3 is 0 Å². The molecule has 0 saturated carbocycles. The van der Waals surface area contributed by atoms with Crippen molar-refractivity contribution in [2.45, 2.75) is 6.92 Å². The van der Waals surface area contributed by atoms with Crippen molar-refractivity contribution in [1.29, 1.82) is 0 Å². The van der Waals surface area contributed by atoms with Crippen LogP contribution in [0.2, 0.25) is 5.15 Å². The van der Waals surface area contributed by atoms with Crippen LogP contribution >= 0.6 is 11.6 Å². The fourth-order valence-electron chi connectivity index (χ4n) is 1.78. The summed E-state index contributed by atoms with van der Waals surface area (Å²) < 4.78 is 6.57. The van der Waals surface area contributed by atoms with E-state index in [2.05, 4.69) is 15.3 Å². The second-order valence-corrected chi connectivity index (χ2v) is 5.19. The Hall–Kier alpha value is -1.37. The van der Waals surface area contributed by atoms with Crippen LogP contribution in [0.3, 0.4) is 0 Å². The molecule has 0 aliphatic heterocycles. The van der Waals surface area contributed by atoms with Crippen LogP contribution in [0.5, 0.6) is 0 Å². The SMILES string of the molecule is COCCN(C)CCNC(=O)/C=C/c1c(C)nn(C)c1Cl. The minimum absolute atomic E-state index is 0.144. The van der Waals surface area contributed by atoms with Gasteiger partial charge in [0.15, 0.2) is 0 Å². The van der Waals surface area contributed by atoms with E-state index in [-0.39, 0.29) is 5.91 Å². The van der Waals surface area contributed by atoms with Gasteiger partial charge in [-0.2, -0.15) is 5.10 Å². The number of halogens is 1. The third kappa shape index (κ3) is 5.87. The monoisotopic (exact) mass is 314 g/mol. The zero-order valence-corrected chi connectivity index (χ0v) is 13.8. The molecule has 7 heteroatoms. The molecule has 1 aromatic heterocycles. The first kappa shape index (κ1) is 17.7. The number of nitrogens with one attached hydrogen (secondary N) is 1. The van der Waals surface area contributed by atoms with Gasteiger partial charge in [0, 0.05) is 45.4 Å². The topological polar surface area (TPSA) is 59.4 Å². The van der Waals surface area contributed by atoms with Crippen molar-refractivity contribution in [3.8, 4) is 0 Å². The maximum atomic E-state index is 11.7. The number of likely N-dealkylation sites (N-methyl/N-ethyl adjacent to an activating group) is 1. The maximum absolute atomic E-state index is 11.7. The molecule has 118 valence electrons. The van der Waals surface area contributed by atoms with Crippen LogP contribution in [0.15, 0.2) is 6.08 Å². The number of carbonyl (C=O) groups excluding carboxylic acids is 1. The fourth-order valence-corrected chi connectivity index (χ4v) is 2.02. The summed E-state index contributed by atoms with van der Waals surface area (Å²) in [5, 5.41) is 7.54. The Kier molecular flexibility index (Phi) is 7.42. The Morgan fingerprint density at radius 3 is 2.81 bits per heavy atom. The predicted molar refractivity (Wildman–Crippen MR) is 84.4 cm³/mol. The molecule has 0 bridgehead atoms. The number of ether oxygens (including phenoxy) is 1. The van der Waals surface area contributed by atoms with Crippen LogP contribution in [0.1, 0.15) is 11.3 Å². The molecule has 0 fully saturated rings. The van der Waals surface area contributed by atoms with Gasteiger partial charge in [0.05, 0.1) is 12.3 Å². The van der Waals surface area contributed by atoms with E-state index in [1.165, 1.54) is 6.08 Å². The van der Waals surface area contributed by atoms with E-state index >= 15 is 0 Å². The van der Waals surface area contributed by atoms with Crippen molar-refractivity contribution in [2.24, 2.45) is 7.05 Å². The summed E-state index contributed by atoms with van der Waals surface area (Å²) >= 11 is 6.09. The van der Waals surface area contributed by atoms with Gasteiger partial charge in [-0.3, -0.25) is 9.48 Å². The normalized spacial score (nSPS) is 11.5. The minimum Gasteiger partial charge on any atom is -0.383 e. The van der Waals surface area contributed by atoms with Crippen LogP contribution in [0.4, 0.5) is 0 Å². The van der Waals surface area contributed by atoms with Crippen molar-refractivity contribution in [1.82, 2.24) is 20.0 Å². The van der Waals surface area contributed by atoms with E-state index in [1.54, 1.807) is 24.9 Å². The average Bonchev–Trinajstić information content (AvgIpc) is 2.68. The van der Waals surface area contributed by atoms with Gasteiger partial charge in [-0.1, -0.05) is 11.6 Å². The van der Waals surface area contributed by atoms with Crippen molar-refractivity contribution in [3.05, 3.63) is 22.5 Å². The molecule has 1 heterocycles. The highest BCUT2D eigenvalue weighted by Crippen LogP contribution is 2.19. The van der Waals surface area contributed by atoms with E-state index in [9.17, 15) is 4.79 Å². The van der Waals surface area contributed by atoms with E-state index in [4.69, 9.17) is 16.3 Å². The summed E-state index contributed by atoms with van der Waals surface area (Å²) in [6.45, 7) is 4.74. The number of carbonyl (C=O) groups is 1. The minimum atomic E-state index is -0.144. The smallest absolute Gasteiger partial charge is 0.244 e. The molecule has 0 unspecified atom stereocenters. The molecule has 0 atom stereocenters. The van der Waals surface area contributed by atoms with Gasteiger partial charge in [-0.05, 0) is 20.0 Å². The zero-order valence-electron chi connectivity index (χ0n) is 13.0. The number of aryl methyl sites for hydroxylation is 2. The highest BCUT2D eigenvalue weighted by Gasteiger charge is 2.08. The Morgan fingerprint density at radius 1 is 1.52 bits per heavy atom. The number of hydrogen-bond donors (Lipinski definition) is 1. The van der Waals surface area contributed by atoms with Crippen LogP contribution in [-0.4, -0.2) is 61.0 Å². The molecule has 1 aromatic rings. The number of nitrogens with zero attached hydrogens (tertiary/aromatic N) is 3. The van der Waals surface area contributed by atoms with E-state index in [0.29, 0.717) is 18.3 Å². The zero-order chi connectivity index (χ0) is 15.8. The Morgan fingerprint density at radius 2 is 2.24 bits per heavy atom. The lowest BCUT2D eigenvalue weighted by Gasteiger charge is -2.15. The van der Waals surface area contributed by atoms with Gasteiger partial charge in [0.25, 0.3) is 0 Å². The standard InChI is InChI=1S/C14H23ClN4O2/c1-11-12(14(15)19(3)17-11)5-6-13(20)16-7-8-18(2)9-10-21-4/h5-6H,7-10H2,1-4H3,(H,16,20)/b6-5+. The fraction of sp³-hybridized carbons (Fsp3) is 0.571.